The molecule has 20 heavy (non-hydrogen) atoms. The Balaban J connectivity index is 3.72. The Morgan fingerprint density at radius 3 is 2.45 bits per heavy atom. The summed E-state index contributed by atoms with van der Waals surface area (Å²) in [5.74, 6) is 15.5. The van der Waals surface area contributed by atoms with Crippen LogP contribution in [0.5, 0.6) is 0 Å². The van der Waals surface area contributed by atoms with Crippen molar-refractivity contribution < 1.29 is 12.3 Å². The van der Waals surface area contributed by atoms with Gasteiger partial charge in [0.05, 0.1) is 16.2 Å². The molecule has 0 aromatic rings. The van der Waals surface area contributed by atoms with E-state index in [-0.39, 0.29) is 5.97 Å². The van der Waals surface area contributed by atoms with Crippen LogP contribution in [-0.2, 0) is 9.53 Å². The van der Waals surface area contributed by atoms with Crippen molar-refractivity contribution in [2.24, 2.45) is 0 Å². The summed E-state index contributed by atoms with van der Waals surface area (Å²) >= 11 is 0. The lowest BCUT2D eigenvalue weighted by Crippen LogP contribution is -1.99. The molecule has 0 aromatic carbocycles. The molecule has 0 unspecified atom stereocenters. The maximum atomic E-state index is 10.9. The molecule has 0 atom stereocenters. The molecule has 0 heterocycles. The van der Waals surface area contributed by atoms with Crippen LogP contribution >= 0.6 is 0 Å². The molecule has 0 radical (unpaired) electrons. The van der Waals surface area contributed by atoms with Gasteiger partial charge in [-0.15, -0.1) is 5.92 Å². The van der Waals surface area contributed by atoms with Crippen molar-refractivity contribution in [3.63, 3.8) is 0 Å². The number of hydrogen-bond donors (Lipinski definition) is 0. The Bertz CT molecular complexity index is 504. The first-order valence-electron chi connectivity index (χ1n) is 8.08. The van der Waals surface area contributed by atoms with Crippen molar-refractivity contribution in [3.05, 3.63) is 0 Å². The van der Waals surface area contributed by atoms with Crippen LogP contribution in [-0.4, -0.2) is 13.1 Å². The predicted octanol–water partition coefficient (Wildman–Crippen LogP) is 3.70. The Hall–Kier alpha value is -1.85. The van der Waals surface area contributed by atoms with Gasteiger partial charge in [-0.25, -0.2) is 0 Å². The smallest absolute Gasteiger partial charge is 0.305 e. The second-order valence-corrected chi connectivity index (χ2v) is 4.18. The lowest BCUT2D eigenvalue weighted by Gasteiger charge is -1.99. The molecular weight excluding hydrogens is 248 g/mol. The largest absolute Gasteiger partial charge is 0.469 e. The number of carbonyl (C=O) groups is 1. The summed E-state index contributed by atoms with van der Waals surface area (Å²) in [4.78, 5) is 10.9. The standard InChI is InChI=1S/C18H24O2/c1-3-4-5-6-7-8-9-10-11-12-13-14-15-16-17-18(19)20-2/h3,6,11-17H2,1-2H3/i6D2. The van der Waals surface area contributed by atoms with Crippen LogP contribution in [0.1, 0.15) is 67.4 Å². The van der Waals surface area contributed by atoms with E-state index >= 15 is 0 Å². The van der Waals surface area contributed by atoms with Crippen LogP contribution in [0, 0.1) is 35.5 Å². The van der Waals surface area contributed by atoms with Gasteiger partial charge in [-0.05, 0) is 24.7 Å². The third-order valence-corrected chi connectivity index (χ3v) is 2.51. The molecule has 0 aromatic heterocycles. The maximum Gasteiger partial charge on any atom is 0.305 e. The topological polar surface area (TPSA) is 26.3 Å². The SMILES string of the molecule is [2H]C([2H])(C#CC#CCCCCCCCC(=O)OC)C#CCC. The Kier molecular flexibility index (Phi) is 11.1. The van der Waals surface area contributed by atoms with E-state index in [1.807, 2.05) is 6.92 Å². The van der Waals surface area contributed by atoms with E-state index in [1.165, 1.54) is 7.11 Å². The van der Waals surface area contributed by atoms with Crippen LogP contribution in [0.4, 0.5) is 0 Å². The fourth-order valence-electron chi connectivity index (χ4n) is 1.45. The molecule has 0 aliphatic heterocycles. The monoisotopic (exact) mass is 274 g/mol. The van der Waals surface area contributed by atoms with Gasteiger partial charge in [-0.2, -0.15) is 0 Å². The summed E-state index contributed by atoms with van der Waals surface area (Å²) < 4.78 is 19.6. The van der Waals surface area contributed by atoms with Crippen molar-refractivity contribution in [1.29, 1.82) is 0 Å². The molecule has 0 saturated carbocycles. The number of hydrogen-bond acceptors (Lipinski definition) is 2. The fourth-order valence-corrected chi connectivity index (χ4v) is 1.45. The van der Waals surface area contributed by atoms with Crippen molar-refractivity contribution in [2.75, 3.05) is 7.11 Å². The molecule has 0 aliphatic carbocycles. The molecule has 0 spiro atoms. The molecule has 0 N–H and O–H groups in total. The first-order valence-corrected chi connectivity index (χ1v) is 7.08. The number of rotatable bonds is 7. The van der Waals surface area contributed by atoms with E-state index in [2.05, 4.69) is 40.3 Å². The second kappa shape index (κ2) is 15.2. The number of carbonyl (C=O) groups excluding carboxylic acids is 1. The van der Waals surface area contributed by atoms with E-state index in [0.29, 0.717) is 12.8 Å². The van der Waals surface area contributed by atoms with E-state index < -0.39 is 6.37 Å². The maximum absolute atomic E-state index is 10.9. The zero-order chi connectivity index (χ0) is 16.7. The summed E-state index contributed by atoms with van der Waals surface area (Å²) in [5.41, 5.74) is 0. The minimum Gasteiger partial charge on any atom is -0.469 e. The highest BCUT2D eigenvalue weighted by molar-refractivity contribution is 5.68. The van der Waals surface area contributed by atoms with Gasteiger partial charge in [0.15, 0.2) is 0 Å². The molecule has 0 rings (SSSR count). The van der Waals surface area contributed by atoms with Gasteiger partial charge >= 0.3 is 5.97 Å². The van der Waals surface area contributed by atoms with E-state index in [9.17, 15) is 4.79 Å². The Morgan fingerprint density at radius 1 is 1.00 bits per heavy atom. The highest BCUT2D eigenvalue weighted by Gasteiger charge is 1.98. The van der Waals surface area contributed by atoms with Crippen molar-refractivity contribution in [1.82, 2.24) is 0 Å². The number of unbranched alkanes of at least 4 members (excludes halogenated alkanes) is 5. The van der Waals surface area contributed by atoms with Crippen molar-refractivity contribution >= 4 is 5.97 Å². The predicted molar refractivity (Wildman–Crippen MR) is 82.6 cm³/mol. The molecule has 0 saturated heterocycles. The molecule has 0 aliphatic rings. The highest BCUT2D eigenvalue weighted by Crippen LogP contribution is 2.07. The Morgan fingerprint density at radius 2 is 1.70 bits per heavy atom. The van der Waals surface area contributed by atoms with Gasteiger partial charge < -0.3 is 4.74 Å². The lowest BCUT2D eigenvalue weighted by atomic mass is 10.1. The number of ether oxygens (including phenoxy) is 1. The van der Waals surface area contributed by atoms with Gasteiger partial charge in [-0.3, -0.25) is 4.79 Å². The minimum atomic E-state index is -1.77. The zero-order valence-electron chi connectivity index (χ0n) is 14.5. The van der Waals surface area contributed by atoms with Gasteiger partial charge in [0, 0.05) is 19.3 Å². The summed E-state index contributed by atoms with van der Waals surface area (Å²) in [5, 5.41) is 0. The molecule has 108 valence electrons. The van der Waals surface area contributed by atoms with Crippen molar-refractivity contribution in [2.45, 2.75) is 64.7 Å². The van der Waals surface area contributed by atoms with E-state index in [0.717, 1.165) is 38.5 Å². The number of esters is 1. The Labute approximate surface area is 126 Å². The quantitative estimate of drug-likeness (QED) is 0.402. The average Bonchev–Trinajstić information content (AvgIpc) is 2.50. The lowest BCUT2D eigenvalue weighted by molar-refractivity contribution is -0.140. The van der Waals surface area contributed by atoms with E-state index in [4.69, 9.17) is 2.74 Å². The second-order valence-electron chi connectivity index (χ2n) is 4.18. The number of methoxy groups -OCH3 is 1. The first-order chi connectivity index (χ1) is 10.5. The average molecular weight is 274 g/mol. The van der Waals surface area contributed by atoms with Crippen LogP contribution in [0.2, 0.25) is 0 Å². The van der Waals surface area contributed by atoms with Gasteiger partial charge in [0.1, 0.15) is 0 Å². The molecular formula is C18H24O2. The first kappa shape index (κ1) is 14.6. The molecule has 0 fully saturated rings. The van der Waals surface area contributed by atoms with E-state index in [1.54, 1.807) is 0 Å². The van der Waals surface area contributed by atoms with Crippen LogP contribution in [0.3, 0.4) is 0 Å². The summed E-state index contributed by atoms with van der Waals surface area (Å²) in [6.45, 7) is 1.87. The highest BCUT2D eigenvalue weighted by atomic mass is 16.5. The van der Waals surface area contributed by atoms with Crippen LogP contribution in [0.15, 0.2) is 0 Å². The fraction of sp³-hybridized carbons (Fsp3) is 0.611. The minimum absolute atomic E-state index is 0.145. The molecule has 2 nitrogen and oxygen atoms in total. The van der Waals surface area contributed by atoms with Gasteiger partial charge in [0.25, 0.3) is 0 Å². The van der Waals surface area contributed by atoms with Crippen LogP contribution < -0.4 is 0 Å². The third kappa shape index (κ3) is 14.2. The van der Waals surface area contributed by atoms with Gasteiger partial charge in [-0.1, -0.05) is 43.9 Å². The van der Waals surface area contributed by atoms with Crippen molar-refractivity contribution in [3.8, 4) is 35.5 Å². The summed E-state index contributed by atoms with van der Waals surface area (Å²) in [6, 6.07) is 0. The molecule has 0 bridgehead atoms. The van der Waals surface area contributed by atoms with Crippen LogP contribution in [0.25, 0.3) is 0 Å². The third-order valence-electron chi connectivity index (χ3n) is 2.51. The summed E-state index contributed by atoms with van der Waals surface area (Å²) in [6.07, 6.45) is 5.15. The summed E-state index contributed by atoms with van der Waals surface area (Å²) in [7, 11) is 1.41. The normalized spacial score (nSPS) is 10.5. The molecule has 0 amide bonds. The molecule has 2 heteroatoms. The zero-order valence-corrected chi connectivity index (χ0v) is 12.5. The van der Waals surface area contributed by atoms with Gasteiger partial charge in [0.2, 0.25) is 0 Å².